The summed E-state index contributed by atoms with van der Waals surface area (Å²) in [6.45, 7) is 2.82. The van der Waals surface area contributed by atoms with Gasteiger partial charge in [0.2, 0.25) is 0 Å². The fourth-order valence-corrected chi connectivity index (χ4v) is 4.74. The average Bonchev–Trinajstić information content (AvgIpc) is 3.31. The maximum absolute atomic E-state index is 12.8. The smallest absolute Gasteiger partial charge is 0.253 e. The van der Waals surface area contributed by atoms with Crippen LogP contribution in [0, 0.1) is 0 Å². The van der Waals surface area contributed by atoms with Gasteiger partial charge in [-0.15, -0.1) is 0 Å². The number of amides is 1. The average molecular weight is 451 g/mol. The van der Waals surface area contributed by atoms with Crippen molar-refractivity contribution in [1.29, 1.82) is 0 Å². The zero-order chi connectivity index (χ0) is 23.2. The Morgan fingerprint density at radius 3 is 2.18 bits per heavy atom. The highest BCUT2D eigenvalue weighted by molar-refractivity contribution is 5.98. The van der Waals surface area contributed by atoms with Gasteiger partial charge in [-0.2, -0.15) is 0 Å². The number of benzene rings is 2. The summed E-state index contributed by atoms with van der Waals surface area (Å²) in [6, 6.07) is 27.3. The standard InChI is InChI=1S/C29H30N4O/c34-29-26-19-27(24-13-15-30-16-14-24)32-28(26)18-25(31-29)12-7-17-33(20-22-8-3-1-4-9-22)21-23-10-5-2-6-11-23/h1-6,8-11,13-16,19,25,32H,7,12,17-18,20-21H2,(H,31,34). The van der Waals surface area contributed by atoms with Crippen molar-refractivity contribution in [2.24, 2.45) is 0 Å². The summed E-state index contributed by atoms with van der Waals surface area (Å²) < 4.78 is 0. The number of rotatable bonds is 9. The van der Waals surface area contributed by atoms with Gasteiger partial charge in [-0.25, -0.2) is 0 Å². The van der Waals surface area contributed by atoms with E-state index in [9.17, 15) is 4.79 Å². The minimum absolute atomic E-state index is 0.0215. The van der Waals surface area contributed by atoms with E-state index >= 15 is 0 Å². The molecule has 1 aliphatic heterocycles. The summed E-state index contributed by atoms with van der Waals surface area (Å²) in [6.07, 6.45) is 6.36. The van der Waals surface area contributed by atoms with Crippen molar-refractivity contribution < 1.29 is 4.79 Å². The molecule has 5 heteroatoms. The number of carbonyl (C=O) groups excluding carboxylic acids is 1. The number of H-pyrrole nitrogens is 1. The molecule has 2 aromatic carbocycles. The van der Waals surface area contributed by atoms with Crippen molar-refractivity contribution in [3.63, 3.8) is 0 Å². The summed E-state index contributed by atoms with van der Waals surface area (Å²) >= 11 is 0. The van der Waals surface area contributed by atoms with Crippen LogP contribution in [0.15, 0.2) is 91.3 Å². The Morgan fingerprint density at radius 1 is 0.882 bits per heavy atom. The molecule has 1 atom stereocenters. The molecule has 0 bridgehead atoms. The van der Waals surface area contributed by atoms with Crippen LogP contribution in [-0.4, -0.2) is 33.4 Å². The highest BCUT2D eigenvalue weighted by Crippen LogP contribution is 2.26. The molecule has 3 heterocycles. The van der Waals surface area contributed by atoms with Gasteiger partial charge >= 0.3 is 0 Å². The Morgan fingerprint density at radius 2 is 1.53 bits per heavy atom. The molecule has 2 N–H and O–H groups in total. The van der Waals surface area contributed by atoms with Crippen molar-refractivity contribution in [2.45, 2.75) is 38.4 Å². The van der Waals surface area contributed by atoms with E-state index in [0.717, 1.165) is 61.4 Å². The quantitative estimate of drug-likeness (QED) is 0.368. The fourth-order valence-electron chi connectivity index (χ4n) is 4.74. The number of aromatic amines is 1. The highest BCUT2D eigenvalue weighted by Gasteiger charge is 2.26. The number of nitrogens with one attached hydrogen (secondary N) is 2. The minimum atomic E-state index is 0.0215. The third-order valence-corrected chi connectivity index (χ3v) is 6.45. The molecule has 0 saturated carbocycles. The number of pyridine rings is 1. The molecule has 0 fully saturated rings. The molecular weight excluding hydrogens is 420 g/mol. The first-order chi connectivity index (χ1) is 16.7. The Kier molecular flexibility index (Phi) is 6.82. The second kappa shape index (κ2) is 10.5. The molecule has 4 aromatic rings. The predicted octanol–water partition coefficient (Wildman–Crippen LogP) is 5.21. The van der Waals surface area contributed by atoms with Crippen molar-refractivity contribution in [3.05, 3.63) is 114 Å². The second-order valence-electron chi connectivity index (χ2n) is 9.01. The van der Waals surface area contributed by atoms with E-state index in [1.807, 2.05) is 18.2 Å². The van der Waals surface area contributed by atoms with Crippen molar-refractivity contribution in [3.8, 4) is 11.3 Å². The monoisotopic (exact) mass is 450 g/mol. The van der Waals surface area contributed by atoms with Crippen LogP contribution in [0.1, 0.15) is 40.0 Å². The van der Waals surface area contributed by atoms with E-state index in [1.165, 1.54) is 11.1 Å². The molecule has 1 unspecified atom stereocenters. The summed E-state index contributed by atoms with van der Waals surface area (Å²) in [5.74, 6) is 0.0215. The number of fused-ring (bicyclic) bond motifs is 1. The Hall–Kier alpha value is -3.70. The van der Waals surface area contributed by atoms with Gasteiger partial charge in [-0.1, -0.05) is 60.7 Å². The summed E-state index contributed by atoms with van der Waals surface area (Å²) in [4.78, 5) is 22.8. The van der Waals surface area contributed by atoms with Crippen molar-refractivity contribution >= 4 is 5.91 Å². The van der Waals surface area contributed by atoms with E-state index in [-0.39, 0.29) is 11.9 Å². The third kappa shape index (κ3) is 5.43. The maximum Gasteiger partial charge on any atom is 0.253 e. The van der Waals surface area contributed by atoms with Crippen LogP contribution in [0.2, 0.25) is 0 Å². The lowest BCUT2D eigenvalue weighted by Crippen LogP contribution is -2.41. The first kappa shape index (κ1) is 22.1. The fraction of sp³-hybridized carbons (Fsp3) is 0.241. The van der Waals surface area contributed by atoms with E-state index in [2.05, 4.69) is 80.8 Å². The third-order valence-electron chi connectivity index (χ3n) is 6.45. The van der Waals surface area contributed by atoms with Crippen LogP contribution in [0.5, 0.6) is 0 Å². The first-order valence-electron chi connectivity index (χ1n) is 12.0. The zero-order valence-corrected chi connectivity index (χ0v) is 19.3. The molecule has 34 heavy (non-hydrogen) atoms. The topological polar surface area (TPSA) is 61.0 Å². The molecule has 5 nitrogen and oxygen atoms in total. The largest absolute Gasteiger partial charge is 0.358 e. The number of nitrogens with zero attached hydrogens (tertiary/aromatic N) is 2. The number of hydrogen-bond donors (Lipinski definition) is 2. The van der Waals surface area contributed by atoms with Crippen LogP contribution in [0.4, 0.5) is 0 Å². The molecular formula is C29H30N4O. The van der Waals surface area contributed by atoms with E-state index in [0.29, 0.717) is 0 Å². The molecule has 172 valence electrons. The van der Waals surface area contributed by atoms with Gasteiger partial charge in [0.05, 0.1) is 5.56 Å². The van der Waals surface area contributed by atoms with Gasteiger partial charge in [0.25, 0.3) is 5.91 Å². The summed E-state index contributed by atoms with van der Waals surface area (Å²) in [5, 5.41) is 3.22. The van der Waals surface area contributed by atoms with Gasteiger partial charge in [-0.3, -0.25) is 14.7 Å². The van der Waals surface area contributed by atoms with E-state index in [4.69, 9.17) is 0 Å². The van der Waals surface area contributed by atoms with Crippen LogP contribution in [0.3, 0.4) is 0 Å². The molecule has 0 radical (unpaired) electrons. The molecule has 5 rings (SSSR count). The van der Waals surface area contributed by atoms with Gasteiger partial charge in [-0.05, 0) is 48.7 Å². The van der Waals surface area contributed by atoms with Gasteiger partial charge in [0.15, 0.2) is 0 Å². The lowest BCUT2D eigenvalue weighted by Gasteiger charge is -2.26. The van der Waals surface area contributed by atoms with Crippen LogP contribution in [-0.2, 0) is 19.5 Å². The first-order valence-corrected chi connectivity index (χ1v) is 12.0. The Labute approximate surface area is 200 Å². The molecule has 2 aromatic heterocycles. The van der Waals surface area contributed by atoms with Gasteiger partial charge in [0.1, 0.15) is 0 Å². The number of aromatic nitrogens is 2. The normalized spacial score (nSPS) is 15.2. The van der Waals surface area contributed by atoms with Crippen LogP contribution >= 0.6 is 0 Å². The Bertz CT molecular complexity index is 1160. The Balaban J connectivity index is 1.21. The van der Waals surface area contributed by atoms with Gasteiger partial charge < -0.3 is 10.3 Å². The van der Waals surface area contributed by atoms with Gasteiger partial charge in [0, 0.05) is 54.9 Å². The van der Waals surface area contributed by atoms with Crippen LogP contribution in [0.25, 0.3) is 11.3 Å². The maximum atomic E-state index is 12.8. The lowest BCUT2D eigenvalue weighted by atomic mass is 9.98. The summed E-state index contributed by atoms with van der Waals surface area (Å²) in [5.41, 5.74) is 6.46. The SMILES string of the molecule is O=C1NC(CCCN(Cc2ccccc2)Cc2ccccc2)Cc2[nH]c(-c3ccncc3)cc21. The van der Waals surface area contributed by atoms with E-state index in [1.54, 1.807) is 12.4 Å². The summed E-state index contributed by atoms with van der Waals surface area (Å²) in [7, 11) is 0. The minimum Gasteiger partial charge on any atom is -0.358 e. The molecule has 0 saturated heterocycles. The number of carbonyl (C=O) groups is 1. The lowest BCUT2D eigenvalue weighted by molar-refractivity contribution is 0.0921. The molecule has 1 amide bonds. The molecule has 0 aliphatic carbocycles. The predicted molar refractivity (Wildman–Crippen MR) is 135 cm³/mol. The van der Waals surface area contributed by atoms with Crippen molar-refractivity contribution in [1.82, 2.24) is 20.2 Å². The second-order valence-corrected chi connectivity index (χ2v) is 9.01. The van der Waals surface area contributed by atoms with E-state index < -0.39 is 0 Å². The molecule has 1 aliphatic rings. The highest BCUT2D eigenvalue weighted by atomic mass is 16.1. The van der Waals surface area contributed by atoms with Crippen molar-refractivity contribution in [2.75, 3.05) is 6.54 Å². The van der Waals surface area contributed by atoms with Crippen LogP contribution < -0.4 is 5.32 Å². The number of hydrogen-bond acceptors (Lipinski definition) is 3. The molecule has 0 spiro atoms. The zero-order valence-electron chi connectivity index (χ0n) is 19.3.